The first-order valence-electron chi connectivity index (χ1n) is 7.23. The smallest absolute Gasteiger partial charge is 0.415 e. The Kier molecular flexibility index (Phi) is 3.96. The summed E-state index contributed by atoms with van der Waals surface area (Å²) in [6.07, 6.45) is 1.79. The van der Waals surface area contributed by atoms with Crippen LogP contribution in [-0.2, 0) is 11.2 Å². The molecular weight excluding hydrogens is 280 g/mol. The van der Waals surface area contributed by atoms with E-state index in [0.29, 0.717) is 18.0 Å². The summed E-state index contributed by atoms with van der Waals surface area (Å²) < 4.78 is 10.7. The maximum atomic E-state index is 12.3. The Morgan fingerprint density at radius 2 is 2.00 bits per heavy atom. The molecule has 22 heavy (non-hydrogen) atoms. The lowest BCUT2D eigenvalue weighted by molar-refractivity contribution is 0.141. The van der Waals surface area contributed by atoms with E-state index in [1.165, 1.54) is 0 Å². The third kappa shape index (κ3) is 2.62. The molecule has 0 bridgehead atoms. The Morgan fingerprint density at radius 1 is 1.23 bits per heavy atom. The van der Waals surface area contributed by atoms with Crippen molar-refractivity contribution in [3.05, 3.63) is 54.2 Å². The van der Waals surface area contributed by atoms with Crippen LogP contribution in [0.4, 0.5) is 10.5 Å². The van der Waals surface area contributed by atoms with Gasteiger partial charge in [-0.25, -0.2) is 9.78 Å². The summed E-state index contributed by atoms with van der Waals surface area (Å²) in [7, 11) is 1.54. The van der Waals surface area contributed by atoms with Crippen molar-refractivity contribution in [2.45, 2.75) is 25.5 Å². The first kappa shape index (κ1) is 14.4. The van der Waals surface area contributed by atoms with Gasteiger partial charge in [0.15, 0.2) is 0 Å². The summed E-state index contributed by atoms with van der Waals surface area (Å²) >= 11 is 0. The zero-order valence-electron chi connectivity index (χ0n) is 12.6. The van der Waals surface area contributed by atoms with Crippen LogP contribution in [0.2, 0.25) is 0 Å². The highest BCUT2D eigenvalue weighted by atomic mass is 16.6. The minimum atomic E-state index is -0.361. The molecule has 1 amide bonds. The van der Waals surface area contributed by atoms with Crippen molar-refractivity contribution in [1.29, 1.82) is 0 Å². The highest BCUT2D eigenvalue weighted by Crippen LogP contribution is 2.34. The number of carbonyl (C=O) groups excluding carboxylic acids is 1. The van der Waals surface area contributed by atoms with Crippen molar-refractivity contribution in [2.24, 2.45) is 0 Å². The predicted molar refractivity (Wildman–Crippen MR) is 83.1 cm³/mol. The second-order valence-electron chi connectivity index (χ2n) is 5.25. The van der Waals surface area contributed by atoms with Gasteiger partial charge in [0, 0.05) is 6.20 Å². The number of cyclic esters (lactones) is 1. The quantitative estimate of drug-likeness (QED) is 0.870. The third-order valence-corrected chi connectivity index (χ3v) is 3.85. The standard InChI is InChI=1S/C17H18N2O3/c1-12-15(11-13-7-4-3-5-8-13)19(17(20)22-12)14-9-6-10-18-16(14)21-2/h3-10,12,15H,11H2,1-2H3. The minimum absolute atomic E-state index is 0.0898. The van der Waals surface area contributed by atoms with Gasteiger partial charge in [0.1, 0.15) is 11.8 Å². The Labute approximate surface area is 129 Å². The van der Waals surface area contributed by atoms with E-state index in [9.17, 15) is 4.79 Å². The first-order chi connectivity index (χ1) is 10.7. The second-order valence-corrected chi connectivity index (χ2v) is 5.25. The lowest BCUT2D eigenvalue weighted by atomic mass is 10.0. The van der Waals surface area contributed by atoms with Gasteiger partial charge in [-0.2, -0.15) is 0 Å². The summed E-state index contributed by atoms with van der Waals surface area (Å²) in [6, 6.07) is 13.6. The normalized spacial score (nSPS) is 20.8. The van der Waals surface area contributed by atoms with E-state index >= 15 is 0 Å². The number of anilines is 1. The van der Waals surface area contributed by atoms with Crippen molar-refractivity contribution in [2.75, 3.05) is 12.0 Å². The van der Waals surface area contributed by atoms with E-state index in [-0.39, 0.29) is 18.2 Å². The molecule has 3 rings (SSSR count). The number of aromatic nitrogens is 1. The second kappa shape index (κ2) is 6.05. The van der Waals surface area contributed by atoms with Crippen LogP contribution < -0.4 is 9.64 Å². The highest BCUT2D eigenvalue weighted by molar-refractivity contribution is 5.92. The van der Waals surface area contributed by atoms with Crippen molar-refractivity contribution in [3.63, 3.8) is 0 Å². The molecule has 0 radical (unpaired) electrons. The van der Waals surface area contributed by atoms with Crippen molar-refractivity contribution < 1.29 is 14.3 Å². The molecule has 1 aliphatic rings. The van der Waals surface area contributed by atoms with Gasteiger partial charge in [0.2, 0.25) is 5.88 Å². The van der Waals surface area contributed by atoms with Crippen molar-refractivity contribution in [1.82, 2.24) is 4.98 Å². The van der Waals surface area contributed by atoms with Crippen LogP contribution in [0.1, 0.15) is 12.5 Å². The fraction of sp³-hybridized carbons (Fsp3) is 0.294. The predicted octanol–water partition coefficient (Wildman–Crippen LogP) is 3.05. The average molecular weight is 298 g/mol. The Hall–Kier alpha value is -2.56. The molecule has 2 unspecified atom stereocenters. The van der Waals surface area contributed by atoms with E-state index in [4.69, 9.17) is 9.47 Å². The highest BCUT2D eigenvalue weighted by Gasteiger charge is 2.41. The van der Waals surface area contributed by atoms with Gasteiger partial charge in [-0.15, -0.1) is 0 Å². The molecule has 5 nitrogen and oxygen atoms in total. The molecule has 0 aliphatic carbocycles. The third-order valence-electron chi connectivity index (χ3n) is 3.85. The van der Waals surface area contributed by atoms with Gasteiger partial charge >= 0.3 is 6.09 Å². The number of hydrogen-bond acceptors (Lipinski definition) is 4. The molecule has 0 spiro atoms. The van der Waals surface area contributed by atoms with E-state index in [0.717, 1.165) is 5.56 Å². The number of amides is 1. The molecule has 114 valence electrons. The number of ether oxygens (including phenoxy) is 2. The fourth-order valence-corrected chi connectivity index (χ4v) is 2.75. The van der Waals surface area contributed by atoms with Crippen LogP contribution in [0.5, 0.6) is 5.88 Å². The van der Waals surface area contributed by atoms with Gasteiger partial charge < -0.3 is 9.47 Å². The van der Waals surface area contributed by atoms with Crippen molar-refractivity contribution in [3.8, 4) is 5.88 Å². The van der Waals surface area contributed by atoms with Gasteiger partial charge in [-0.3, -0.25) is 4.90 Å². The topological polar surface area (TPSA) is 51.7 Å². The van der Waals surface area contributed by atoms with Gasteiger partial charge in [-0.1, -0.05) is 30.3 Å². The average Bonchev–Trinajstić information content (AvgIpc) is 2.82. The molecule has 5 heteroatoms. The van der Waals surface area contributed by atoms with Gasteiger partial charge in [0.25, 0.3) is 0 Å². The molecule has 2 atom stereocenters. The first-order valence-corrected chi connectivity index (χ1v) is 7.23. The van der Waals surface area contributed by atoms with Crippen LogP contribution in [0.15, 0.2) is 48.7 Å². The molecule has 1 fully saturated rings. The van der Waals surface area contributed by atoms with E-state index in [1.54, 1.807) is 24.3 Å². The fourth-order valence-electron chi connectivity index (χ4n) is 2.75. The van der Waals surface area contributed by atoms with E-state index < -0.39 is 0 Å². The van der Waals surface area contributed by atoms with Crippen LogP contribution in [0.3, 0.4) is 0 Å². The number of rotatable bonds is 4. The monoisotopic (exact) mass is 298 g/mol. The summed E-state index contributed by atoms with van der Waals surface area (Å²) in [5.74, 6) is 0.423. The number of carbonyl (C=O) groups is 1. The van der Waals surface area contributed by atoms with Crippen LogP contribution in [-0.4, -0.2) is 30.3 Å². The molecule has 2 heterocycles. The van der Waals surface area contributed by atoms with Crippen LogP contribution in [0, 0.1) is 0 Å². The number of nitrogens with zero attached hydrogens (tertiary/aromatic N) is 2. The zero-order valence-corrected chi connectivity index (χ0v) is 12.6. The van der Waals surface area contributed by atoms with Gasteiger partial charge in [0.05, 0.1) is 13.2 Å². The number of methoxy groups -OCH3 is 1. The summed E-state index contributed by atoms with van der Waals surface area (Å²) in [5.41, 5.74) is 1.80. The maximum absolute atomic E-state index is 12.3. The molecular formula is C17H18N2O3. The molecule has 0 N–H and O–H groups in total. The summed E-state index contributed by atoms with van der Waals surface area (Å²) in [5, 5.41) is 0. The zero-order chi connectivity index (χ0) is 15.5. The maximum Gasteiger partial charge on any atom is 0.415 e. The summed E-state index contributed by atoms with van der Waals surface area (Å²) in [6.45, 7) is 1.91. The number of benzene rings is 1. The lowest BCUT2D eigenvalue weighted by Crippen LogP contribution is -2.38. The Morgan fingerprint density at radius 3 is 2.73 bits per heavy atom. The largest absolute Gasteiger partial charge is 0.480 e. The molecule has 2 aromatic rings. The molecule has 1 aromatic carbocycles. The molecule has 1 aromatic heterocycles. The van der Waals surface area contributed by atoms with Gasteiger partial charge in [-0.05, 0) is 31.0 Å². The summed E-state index contributed by atoms with van der Waals surface area (Å²) in [4.78, 5) is 18.1. The van der Waals surface area contributed by atoms with Crippen molar-refractivity contribution >= 4 is 11.8 Å². The number of pyridine rings is 1. The minimum Gasteiger partial charge on any atom is -0.480 e. The Balaban J connectivity index is 1.94. The van der Waals surface area contributed by atoms with E-state index in [1.807, 2.05) is 43.3 Å². The SMILES string of the molecule is COc1ncccc1N1C(=O)OC(C)C1Cc1ccccc1. The Bertz CT molecular complexity index is 660. The molecule has 0 saturated carbocycles. The lowest BCUT2D eigenvalue weighted by Gasteiger charge is -2.24. The molecule has 1 saturated heterocycles. The molecule has 1 aliphatic heterocycles. The van der Waals surface area contributed by atoms with Crippen LogP contribution in [0.25, 0.3) is 0 Å². The van der Waals surface area contributed by atoms with Crippen LogP contribution >= 0.6 is 0 Å². The van der Waals surface area contributed by atoms with E-state index in [2.05, 4.69) is 4.98 Å². The number of hydrogen-bond donors (Lipinski definition) is 0.